The highest BCUT2D eigenvalue weighted by atomic mass is 19.1. The number of alkyl halides is 2. The third kappa shape index (κ3) is 3.07. The molecule has 31 heavy (non-hydrogen) atoms. The molecular weight excluding hydrogens is 413 g/mol. The Morgan fingerprint density at radius 2 is 2.00 bits per heavy atom. The monoisotopic (exact) mass is 430 g/mol. The van der Waals surface area contributed by atoms with E-state index < -0.39 is 41.9 Å². The van der Waals surface area contributed by atoms with E-state index in [0.29, 0.717) is 18.7 Å². The molecule has 1 fully saturated rings. The van der Waals surface area contributed by atoms with Gasteiger partial charge in [-0.3, -0.25) is 4.79 Å². The number of fused-ring (bicyclic) bond motifs is 2. The predicted octanol–water partition coefficient (Wildman–Crippen LogP) is 3.70. The zero-order valence-electron chi connectivity index (χ0n) is 16.1. The molecule has 2 unspecified atom stereocenters. The lowest BCUT2D eigenvalue weighted by molar-refractivity contribution is 0.0694. The molecule has 2 heterocycles. The first-order chi connectivity index (χ1) is 14.9. The summed E-state index contributed by atoms with van der Waals surface area (Å²) in [6.45, 7) is -0.0344. The van der Waals surface area contributed by atoms with Gasteiger partial charge in [0.2, 0.25) is 12.3 Å². The molecular formula is C22H17F3N2O4. The van der Waals surface area contributed by atoms with Gasteiger partial charge in [0.05, 0.1) is 22.5 Å². The first-order valence-corrected chi connectivity index (χ1v) is 9.71. The molecule has 1 aliphatic heterocycles. The second-order valence-electron chi connectivity index (χ2n) is 7.70. The number of nitrogens with zero attached hydrogens (tertiary/aromatic N) is 1. The second-order valence-corrected chi connectivity index (χ2v) is 7.70. The van der Waals surface area contributed by atoms with Crippen LogP contribution in [0.3, 0.4) is 0 Å². The van der Waals surface area contributed by atoms with Crippen LogP contribution in [0.5, 0.6) is 5.75 Å². The van der Waals surface area contributed by atoms with Crippen LogP contribution >= 0.6 is 0 Å². The van der Waals surface area contributed by atoms with E-state index in [-0.39, 0.29) is 28.6 Å². The van der Waals surface area contributed by atoms with Crippen LogP contribution < -0.4 is 15.5 Å². The van der Waals surface area contributed by atoms with E-state index in [1.807, 2.05) is 6.07 Å². The molecule has 2 N–H and O–H groups in total. The van der Waals surface area contributed by atoms with Gasteiger partial charge in [0.25, 0.3) is 0 Å². The van der Waals surface area contributed by atoms with Crippen molar-refractivity contribution in [2.24, 2.45) is 0 Å². The predicted molar refractivity (Wildman–Crippen MR) is 106 cm³/mol. The molecule has 6 nitrogen and oxygen atoms in total. The Morgan fingerprint density at radius 1 is 1.26 bits per heavy atom. The van der Waals surface area contributed by atoms with Crippen LogP contribution in [0.4, 0.5) is 13.2 Å². The third-order valence-electron chi connectivity index (χ3n) is 5.82. The number of carboxylic acid groups (broad SMARTS) is 1. The summed E-state index contributed by atoms with van der Waals surface area (Å²) in [7, 11) is 0. The highest BCUT2D eigenvalue weighted by Crippen LogP contribution is 2.45. The number of carboxylic acids is 1. The number of ether oxygens (including phenoxy) is 1. The van der Waals surface area contributed by atoms with Crippen molar-refractivity contribution in [2.75, 3.05) is 6.86 Å². The van der Waals surface area contributed by atoms with Crippen LogP contribution in [-0.2, 0) is 13.1 Å². The largest absolute Gasteiger partial charge is 0.477 e. The average molecular weight is 430 g/mol. The van der Waals surface area contributed by atoms with Crippen molar-refractivity contribution in [3.8, 4) is 16.9 Å². The van der Waals surface area contributed by atoms with Gasteiger partial charge in [-0.1, -0.05) is 12.1 Å². The Kier molecular flexibility index (Phi) is 4.51. The molecule has 0 amide bonds. The van der Waals surface area contributed by atoms with E-state index in [1.165, 1.54) is 4.57 Å². The van der Waals surface area contributed by atoms with E-state index >= 15 is 4.39 Å². The summed E-state index contributed by atoms with van der Waals surface area (Å²) in [6.07, 6.45) is -0.134. The number of halogens is 3. The number of rotatable bonds is 5. The maximum atomic E-state index is 15.3. The Hall–Kier alpha value is -3.33. The summed E-state index contributed by atoms with van der Waals surface area (Å²) in [6, 6.07) is 5.43. The minimum absolute atomic E-state index is 0.0205. The molecule has 0 radical (unpaired) electrons. The third-order valence-corrected chi connectivity index (χ3v) is 5.82. The molecule has 0 spiro atoms. The summed E-state index contributed by atoms with van der Waals surface area (Å²) >= 11 is 0. The van der Waals surface area contributed by atoms with Crippen LogP contribution in [-0.4, -0.2) is 28.7 Å². The van der Waals surface area contributed by atoms with Gasteiger partial charge in [0.15, 0.2) is 5.75 Å². The van der Waals surface area contributed by atoms with Crippen molar-refractivity contribution in [2.45, 2.75) is 31.7 Å². The Bertz CT molecular complexity index is 1300. The van der Waals surface area contributed by atoms with Gasteiger partial charge in [-0.15, -0.1) is 0 Å². The smallest absolute Gasteiger partial charge is 0.341 e. The highest BCUT2D eigenvalue weighted by molar-refractivity contribution is 5.98. The van der Waals surface area contributed by atoms with Crippen LogP contribution in [0.2, 0.25) is 0 Å². The van der Waals surface area contributed by atoms with Gasteiger partial charge in [0, 0.05) is 25.7 Å². The van der Waals surface area contributed by atoms with E-state index in [4.69, 9.17) is 4.74 Å². The normalized spacial score (nSPS) is 19.5. The molecule has 0 bridgehead atoms. The number of benzene rings is 2. The molecule has 2 aromatic carbocycles. The standard InChI is InChI=1S/C22H17F3N2O4/c23-9-31-21-18(10-1-2-11-6-26-7-12(11)3-10)16(25)4-13-19(21)27(17-5-15(17)24)8-14(20(13)28)22(29)30/h1-4,8,15,17,26H,5-7,9H2,(H,29,30). The zero-order chi connectivity index (χ0) is 21.9. The van der Waals surface area contributed by atoms with Crippen molar-refractivity contribution >= 4 is 16.9 Å². The zero-order valence-corrected chi connectivity index (χ0v) is 16.1. The van der Waals surface area contributed by atoms with E-state index in [2.05, 4.69) is 5.32 Å². The van der Waals surface area contributed by atoms with E-state index in [0.717, 1.165) is 23.4 Å². The van der Waals surface area contributed by atoms with Crippen LogP contribution in [0, 0.1) is 5.82 Å². The van der Waals surface area contributed by atoms with Gasteiger partial charge in [-0.2, -0.15) is 0 Å². The summed E-state index contributed by atoms with van der Waals surface area (Å²) in [5.41, 5.74) is 0.779. The van der Waals surface area contributed by atoms with Crippen molar-refractivity contribution < 1.29 is 27.8 Å². The van der Waals surface area contributed by atoms with Crippen molar-refractivity contribution in [3.05, 3.63) is 63.2 Å². The number of carbonyl (C=O) groups is 1. The Labute approximate surface area is 173 Å². The summed E-state index contributed by atoms with van der Waals surface area (Å²) in [5, 5.41) is 12.3. The number of hydrogen-bond donors (Lipinski definition) is 2. The quantitative estimate of drug-likeness (QED) is 0.645. The van der Waals surface area contributed by atoms with Gasteiger partial charge >= 0.3 is 5.97 Å². The minimum Gasteiger partial charge on any atom is -0.477 e. The van der Waals surface area contributed by atoms with E-state index in [9.17, 15) is 23.5 Å². The lowest BCUT2D eigenvalue weighted by Crippen LogP contribution is -2.20. The molecule has 1 aromatic heterocycles. The number of hydrogen-bond acceptors (Lipinski definition) is 4. The molecule has 1 saturated carbocycles. The van der Waals surface area contributed by atoms with E-state index in [1.54, 1.807) is 12.1 Å². The maximum absolute atomic E-state index is 15.3. The molecule has 5 rings (SSSR count). The molecule has 3 aromatic rings. The minimum atomic E-state index is -1.51. The first-order valence-electron chi connectivity index (χ1n) is 9.71. The van der Waals surface area contributed by atoms with Gasteiger partial charge in [-0.05, 0) is 28.8 Å². The SMILES string of the molecule is O=C(O)c1cn(C2CC2F)c2c(OCF)c(-c3ccc4c(c3)CNC4)c(F)cc2c1=O. The summed E-state index contributed by atoms with van der Waals surface area (Å²) in [5.74, 6) is -2.63. The number of aromatic nitrogens is 1. The van der Waals surface area contributed by atoms with Crippen molar-refractivity contribution in [1.82, 2.24) is 9.88 Å². The topological polar surface area (TPSA) is 80.6 Å². The lowest BCUT2D eigenvalue weighted by atomic mass is 9.97. The molecule has 1 aliphatic carbocycles. The second kappa shape index (κ2) is 7.12. The van der Waals surface area contributed by atoms with Crippen molar-refractivity contribution in [3.63, 3.8) is 0 Å². The Morgan fingerprint density at radius 3 is 2.68 bits per heavy atom. The summed E-state index contributed by atoms with van der Waals surface area (Å²) < 4.78 is 49.0. The van der Waals surface area contributed by atoms with Crippen LogP contribution in [0.25, 0.3) is 22.0 Å². The van der Waals surface area contributed by atoms with Gasteiger partial charge in [0.1, 0.15) is 17.6 Å². The lowest BCUT2D eigenvalue weighted by Gasteiger charge is -2.19. The van der Waals surface area contributed by atoms with Gasteiger partial charge in [-0.25, -0.2) is 18.0 Å². The molecule has 160 valence electrons. The van der Waals surface area contributed by atoms with Gasteiger partial charge < -0.3 is 19.7 Å². The molecule has 9 heteroatoms. The van der Waals surface area contributed by atoms with Crippen LogP contribution in [0.15, 0.2) is 35.3 Å². The summed E-state index contributed by atoms with van der Waals surface area (Å²) in [4.78, 5) is 24.3. The number of aromatic carboxylic acids is 1. The fourth-order valence-corrected chi connectivity index (χ4v) is 4.22. The fraction of sp³-hybridized carbons (Fsp3) is 0.273. The highest BCUT2D eigenvalue weighted by Gasteiger charge is 2.41. The molecule has 2 aliphatic rings. The number of pyridine rings is 1. The van der Waals surface area contributed by atoms with Crippen LogP contribution in [0.1, 0.15) is 33.9 Å². The molecule has 2 atom stereocenters. The number of nitrogens with one attached hydrogen (secondary N) is 1. The maximum Gasteiger partial charge on any atom is 0.341 e. The average Bonchev–Trinajstić information content (AvgIpc) is 3.27. The Balaban J connectivity index is 1.86. The molecule has 0 saturated heterocycles. The fourth-order valence-electron chi connectivity index (χ4n) is 4.22. The van der Waals surface area contributed by atoms with Crippen molar-refractivity contribution in [1.29, 1.82) is 0 Å². The first kappa shape index (κ1) is 19.6.